The van der Waals surface area contributed by atoms with E-state index in [-0.39, 0.29) is 23.3 Å². The van der Waals surface area contributed by atoms with Crippen LogP contribution in [0.15, 0.2) is 53.7 Å². The highest BCUT2D eigenvalue weighted by Crippen LogP contribution is 2.16. The van der Waals surface area contributed by atoms with Crippen LogP contribution in [0.2, 0.25) is 0 Å². The molecular weight excluding hydrogens is 354 g/mol. The first-order valence-corrected chi connectivity index (χ1v) is 9.65. The molecule has 2 N–H and O–H groups in total. The Morgan fingerprint density at radius 1 is 1.19 bits per heavy atom. The zero-order valence-electron chi connectivity index (χ0n) is 15.0. The highest BCUT2D eigenvalue weighted by molar-refractivity contribution is 7.89. The first kappa shape index (κ1) is 19.9. The number of benzene rings is 1. The molecule has 2 aromatic rings. The van der Waals surface area contributed by atoms with Gasteiger partial charge in [-0.2, -0.15) is 4.72 Å². The first-order valence-electron chi connectivity index (χ1n) is 8.16. The fourth-order valence-electron chi connectivity index (χ4n) is 2.28. The maximum Gasteiger partial charge on any atom is 0.241 e. The van der Waals surface area contributed by atoms with E-state index < -0.39 is 16.1 Å². The van der Waals surface area contributed by atoms with Crippen LogP contribution in [-0.4, -0.2) is 32.5 Å². The van der Waals surface area contributed by atoms with Crippen LogP contribution in [0.1, 0.15) is 19.4 Å². The summed E-state index contributed by atoms with van der Waals surface area (Å²) in [4.78, 5) is 16.5. The molecule has 1 aromatic heterocycles. The number of carbonyl (C=O) groups excluding carboxylic acids is 1. The Kier molecular flexibility index (Phi) is 6.70. The molecule has 0 aliphatic carbocycles. The standard InChI is InChI=1S/C18H23N3O4S/c1-13(2)17(18(22)20-12-14-5-4-10-19-11-14)21-26(23,24)16-8-6-15(25-3)7-9-16/h4-11,13,17,21H,12H2,1-3H3,(H,20,22)/t17-/m1/s1. The molecule has 1 aromatic carbocycles. The molecule has 26 heavy (non-hydrogen) atoms. The van der Waals surface area contributed by atoms with E-state index in [2.05, 4.69) is 15.0 Å². The number of sulfonamides is 1. The van der Waals surface area contributed by atoms with Crippen molar-refractivity contribution < 1.29 is 17.9 Å². The fourth-order valence-corrected chi connectivity index (χ4v) is 3.63. The first-order chi connectivity index (χ1) is 12.3. The number of ether oxygens (including phenoxy) is 1. The lowest BCUT2D eigenvalue weighted by molar-refractivity contribution is -0.123. The van der Waals surface area contributed by atoms with Crippen LogP contribution in [0.4, 0.5) is 0 Å². The van der Waals surface area contributed by atoms with Gasteiger partial charge in [-0.25, -0.2) is 8.42 Å². The summed E-state index contributed by atoms with van der Waals surface area (Å²) in [7, 11) is -2.33. The summed E-state index contributed by atoms with van der Waals surface area (Å²) < 4.78 is 32.7. The summed E-state index contributed by atoms with van der Waals surface area (Å²) in [5, 5.41) is 2.75. The molecule has 1 atom stereocenters. The van der Waals surface area contributed by atoms with E-state index in [4.69, 9.17) is 4.74 Å². The second kappa shape index (κ2) is 8.77. The largest absolute Gasteiger partial charge is 0.497 e. The quantitative estimate of drug-likeness (QED) is 0.730. The van der Waals surface area contributed by atoms with Gasteiger partial charge in [0.1, 0.15) is 11.8 Å². The zero-order chi connectivity index (χ0) is 19.2. The average Bonchev–Trinajstić information content (AvgIpc) is 2.65. The monoisotopic (exact) mass is 377 g/mol. The average molecular weight is 377 g/mol. The molecule has 8 heteroatoms. The van der Waals surface area contributed by atoms with Crippen LogP contribution in [0, 0.1) is 5.92 Å². The second-order valence-electron chi connectivity index (χ2n) is 6.10. The highest BCUT2D eigenvalue weighted by Gasteiger charge is 2.28. The van der Waals surface area contributed by atoms with E-state index >= 15 is 0 Å². The van der Waals surface area contributed by atoms with Crippen molar-refractivity contribution in [2.75, 3.05) is 7.11 Å². The van der Waals surface area contributed by atoms with Crippen molar-refractivity contribution in [2.24, 2.45) is 5.92 Å². The number of hydrogen-bond donors (Lipinski definition) is 2. The highest BCUT2D eigenvalue weighted by atomic mass is 32.2. The molecule has 0 saturated heterocycles. The Labute approximate surface area is 153 Å². The van der Waals surface area contributed by atoms with Crippen molar-refractivity contribution in [3.63, 3.8) is 0 Å². The van der Waals surface area contributed by atoms with E-state index in [0.29, 0.717) is 5.75 Å². The number of aromatic nitrogens is 1. The summed E-state index contributed by atoms with van der Waals surface area (Å²) in [6.45, 7) is 3.84. The van der Waals surface area contributed by atoms with Crippen molar-refractivity contribution in [2.45, 2.75) is 31.3 Å². The van der Waals surface area contributed by atoms with Crippen LogP contribution in [-0.2, 0) is 21.4 Å². The van der Waals surface area contributed by atoms with Gasteiger partial charge in [-0.3, -0.25) is 9.78 Å². The number of carbonyl (C=O) groups is 1. The van der Waals surface area contributed by atoms with E-state index in [1.165, 1.54) is 19.2 Å². The molecule has 0 saturated carbocycles. The summed E-state index contributed by atoms with van der Waals surface area (Å²) in [5.41, 5.74) is 0.835. The number of pyridine rings is 1. The molecule has 7 nitrogen and oxygen atoms in total. The molecule has 0 aliphatic heterocycles. The van der Waals surface area contributed by atoms with Gasteiger partial charge in [0, 0.05) is 18.9 Å². The summed E-state index contributed by atoms with van der Waals surface area (Å²) in [6, 6.07) is 8.70. The van der Waals surface area contributed by atoms with Crippen LogP contribution < -0.4 is 14.8 Å². The minimum atomic E-state index is -3.84. The molecule has 1 heterocycles. The Hall–Kier alpha value is -2.45. The Morgan fingerprint density at radius 3 is 2.42 bits per heavy atom. The number of rotatable bonds is 8. The third kappa shape index (κ3) is 5.27. The molecule has 0 spiro atoms. The summed E-state index contributed by atoms with van der Waals surface area (Å²) >= 11 is 0. The lowest BCUT2D eigenvalue weighted by Crippen LogP contribution is -2.49. The Morgan fingerprint density at radius 2 is 1.88 bits per heavy atom. The van der Waals surface area contributed by atoms with Crippen LogP contribution >= 0.6 is 0 Å². The molecule has 0 radical (unpaired) electrons. The lowest BCUT2D eigenvalue weighted by Gasteiger charge is -2.21. The molecule has 140 valence electrons. The number of hydrogen-bond acceptors (Lipinski definition) is 5. The predicted octanol–water partition coefficient (Wildman–Crippen LogP) is 1.71. The topological polar surface area (TPSA) is 97.4 Å². The molecule has 0 unspecified atom stereocenters. The van der Waals surface area contributed by atoms with Crippen LogP contribution in [0.5, 0.6) is 5.75 Å². The molecule has 0 aliphatic rings. The number of nitrogens with one attached hydrogen (secondary N) is 2. The molecule has 2 rings (SSSR count). The normalized spacial score (nSPS) is 12.6. The van der Waals surface area contributed by atoms with Gasteiger partial charge in [-0.05, 0) is 41.8 Å². The maximum absolute atomic E-state index is 12.6. The third-order valence-electron chi connectivity index (χ3n) is 3.79. The third-order valence-corrected chi connectivity index (χ3v) is 5.25. The zero-order valence-corrected chi connectivity index (χ0v) is 15.8. The van der Waals surface area contributed by atoms with Gasteiger partial charge >= 0.3 is 0 Å². The fraction of sp³-hybridized carbons (Fsp3) is 0.333. The van der Waals surface area contributed by atoms with Gasteiger partial charge in [0.05, 0.1) is 12.0 Å². The minimum absolute atomic E-state index is 0.0732. The van der Waals surface area contributed by atoms with Gasteiger partial charge in [0.25, 0.3) is 0 Å². The second-order valence-corrected chi connectivity index (χ2v) is 7.81. The number of amides is 1. The molecule has 0 bridgehead atoms. The summed E-state index contributed by atoms with van der Waals surface area (Å²) in [6.07, 6.45) is 3.29. The van der Waals surface area contributed by atoms with Gasteiger partial charge in [0.2, 0.25) is 15.9 Å². The van der Waals surface area contributed by atoms with E-state index in [9.17, 15) is 13.2 Å². The van der Waals surface area contributed by atoms with Gasteiger partial charge in [-0.15, -0.1) is 0 Å². The van der Waals surface area contributed by atoms with Crippen molar-refractivity contribution in [1.82, 2.24) is 15.0 Å². The Bertz CT molecular complexity index is 821. The van der Waals surface area contributed by atoms with E-state index in [1.807, 2.05) is 6.07 Å². The SMILES string of the molecule is COc1ccc(S(=O)(=O)N[C@@H](C(=O)NCc2cccnc2)C(C)C)cc1. The number of methoxy groups -OCH3 is 1. The van der Waals surface area contributed by atoms with Crippen LogP contribution in [0.3, 0.4) is 0 Å². The van der Waals surface area contributed by atoms with Gasteiger partial charge in [0.15, 0.2) is 0 Å². The predicted molar refractivity (Wildman–Crippen MR) is 98.0 cm³/mol. The number of nitrogens with zero attached hydrogens (tertiary/aromatic N) is 1. The van der Waals surface area contributed by atoms with Crippen molar-refractivity contribution in [1.29, 1.82) is 0 Å². The molecular formula is C18H23N3O4S. The van der Waals surface area contributed by atoms with Crippen LogP contribution in [0.25, 0.3) is 0 Å². The summed E-state index contributed by atoms with van der Waals surface area (Å²) in [5.74, 6) is -0.0589. The van der Waals surface area contributed by atoms with Gasteiger partial charge in [-0.1, -0.05) is 19.9 Å². The van der Waals surface area contributed by atoms with Crippen molar-refractivity contribution in [3.8, 4) is 5.75 Å². The van der Waals surface area contributed by atoms with Gasteiger partial charge < -0.3 is 10.1 Å². The van der Waals surface area contributed by atoms with E-state index in [1.54, 1.807) is 44.4 Å². The van der Waals surface area contributed by atoms with E-state index in [0.717, 1.165) is 5.56 Å². The molecule has 0 fully saturated rings. The Balaban J connectivity index is 2.09. The van der Waals surface area contributed by atoms with Crippen molar-refractivity contribution in [3.05, 3.63) is 54.4 Å². The minimum Gasteiger partial charge on any atom is -0.497 e. The molecule has 1 amide bonds. The maximum atomic E-state index is 12.6. The van der Waals surface area contributed by atoms with Crippen molar-refractivity contribution >= 4 is 15.9 Å². The lowest BCUT2D eigenvalue weighted by atomic mass is 10.0. The smallest absolute Gasteiger partial charge is 0.241 e.